The normalized spacial score (nSPS) is 11.1. The van der Waals surface area contributed by atoms with Gasteiger partial charge >= 0.3 is 0 Å². The Kier molecular flexibility index (Phi) is 6.28. The van der Waals surface area contributed by atoms with Crippen LogP contribution in [0.5, 0.6) is 0 Å². The van der Waals surface area contributed by atoms with Crippen molar-refractivity contribution >= 4 is 50.0 Å². The molecule has 1 aromatic heterocycles. The van der Waals surface area contributed by atoms with Crippen LogP contribution in [-0.2, 0) is 0 Å². The molecule has 2 aromatic rings. The van der Waals surface area contributed by atoms with E-state index in [1.807, 2.05) is 30.0 Å². The Hall–Kier alpha value is -0.450. The molecule has 0 aliphatic rings. The summed E-state index contributed by atoms with van der Waals surface area (Å²) in [5.41, 5.74) is 0.986. The largest absolute Gasteiger partial charge is 0.361 e. The highest BCUT2D eigenvalue weighted by atomic mass is 35.5. The maximum Gasteiger partial charge on any atom is 0.183 e. The molecule has 1 heterocycles. The molecule has 2 rings (SSSR count). The highest BCUT2D eigenvalue weighted by molar-refractivity contribution is 7.98. The topological polar surface area (TPSA) is 24.9 Å². The first kappa shape index (κ1) is 14.9. The number of thiazole rings is 1. The Balaban J connectivity index is 1.72. The number of anilines is 1. The number of hydrogen-bond acceptors (Lipinski definition) is 4. The Labute approximate surface area is 128 Å². The number of nitrogens with one attached hydrogen (secondary N) is 1. The smallest absolute Gasteiger partial charge is 0.183 e. The van der Waals surface area contributed by atoms with Gasteiger partial charge in [0.1, 0.15) is 0 Å². The first-order valence-corrected chi connectivity index (χ1v) is 9.17. The Morgan fingerprint density at radius 1 is 1.26 bits per heavy atom. The van der Waals surface area contributed by atoms with Crippen molar-refractivity contribution in [2.75, 3.05) is 23.9 Å². The van der Waals surface area contributed by atoms with Crippen molar-refractivity contribution in [3.63, 3.8) is 0 Å². The van der Waals surface area contributed by atoms with Crippen LogP contribution in [0.25, 0.3) is 10.2 Å². The number of rotatable bonds is 8. The van der Waals surface area contributed by atoms with Gasteiger partial charge in [0.25, 0.3) is 0 Å². The summed E-state index contributed by atoms with van der Waals surface area (Å²) < 4.78 is 1.19. The average Bonchev–Trinajstić information content (AvgIpc) is 2.79. The van der Waals surface area contributed by atoms with E-state index >= 15 is 0 Å². The number of fused-ring (bicyclic) bond motifs is 1. The average molecular weight is 315 g/mol. The van der Waals surface area contributed by atoms with Crippen molar-refractivity contribution < 1.29 is 0 Å². The van der Waals surface area contributed by atoms with E-state index in [2.05, 4.69) is 16.6 Å². The molecule has 0 fully saturated rings. The molecule has 1 aromatic carbocycles. The van der Waals surface area contributed by atoms with E-state index in [1.54, 1.807) is 11.3 Å². The minimum atomic E-state index is 0.748. The molecular formula is C14H19ClN2S2. The molecule has 0 atom stereocenters. The van der Waals surface area contributed by atoms with Crippen LogP contribution in [0.15, 0.2) is 18.2 Å². The van der Waals surface area contributed by atoms with Gasteiger partial charge in [0.05, 0.1) is 10.2 Å². The molecule has 104 valence electrons. The van der Waals surface area contributed by atoms with Crippen LogP contribution in [0.4, 0.5) is 5.13 Å². The molecule has 0 aliphatic heterocycles. The number of hydrogen-bond donors (Lipinski definition) is 1. The van der Waals surface area contributed by atoms with Crippen LogP contribution in [0, 0.1) is 0 Å². The lowest BCUT2D eigenvalue weighted by Crippen LogP contribution is -2.00. The van der Waals surface area contributed by atoms with Crippen molar-refractivity contribution in [1.82, 2.24) is 4.98 Å². The van der Waals surface area contributed by atoms with E-state index in [-0.39, 0.29) is 0 Å². The van der Waals surface area contributed by atoms with E-state index in [0.29, 0.717) is 0 Å². The van der Waals surface area contributed by atoms with Crippen LogP contribution in [-0.4, -0.2) is 23.5 Å². The molecule has 0 radical (unpaired) electrons. The van der Waals surface area contributed by atoms with E-state index < -0.39 is 0 Å². The molecule has 1 N–H and O–H groups in total. The van der Waals surface area contributed by atoms with Gasteiger partial charge in [-0.2, -0.15) is 11.8 Å². The number of aromatic nitrogens is 1. The summed E-state index contributed by atoms with van der Waals surface area (Å²) in [6.07, 6.45) is 7.34. The van der Waals surface area contributed by atoms with Gasteiger partial charge in [-0.1, -0.05) is 35.8 Å². The summed E-state index contributed by atoms with van der Waals surface area (Å²) >= 11 is 9.58. The van der Waals surface area contributed by atoms with Crippen molar-refractivity contribution in [3.8, 4) is 0 Å². The van der Waals surface area contributed by atoms with Gasteiger partial charge in [0.2, 0.25) is 0 Å². The molecule has 0 bridgehead atoms. The molecule has 5 heteroatoms. The lowest BCUT2D eigenvalue weighted by Gasteiger charge is -2.02. The van der Waals surface area contributed by atoms with Gasteiger partial charge < -0.3 is 5.32 Å². The van der Waals surface area contributed by atoms with Crippen LogP contribution in [0.1, 0.15) is 25.7 Å². The molecule has 0 unspecified atom stereocenters. The van der Waals surface area contributed by atoms with Gasteiger partial charge in [-0.15, -0.1) is 0 Å². The van der Waals surface area contributed by atoms with E-state index in [0.717, 1.165) is 22.2 Å². The van der Waals surface area contributed by atoms with Crippen LogP contribution < -0.4 is 5.32 Å². The zero-order valence-electron chi connectivity index (χ0n) is 11.1. The first-order chi connectivity index (χ1) is 9.29. The third-order valence-corrected chi connectivity index (χ3v) is 4.83. The zero-order valence-corrected chi connectivity index (χ0v) is 13.5. The second kappa shape index (κ2) is 7.98. The highest BCUT2D eigenvalue weighted by Crippen LogP contribution is 2.27. The quantitative estimate of drug-likeness (QED) is 0.670. The minimum absolute atomic E-state index is 0.748. The fraction of sp³-hybridized carbons (Fsp3) is 0.500. The SMILES string of the molecule is CSCCCCCCNc1nc2cc(Cl)ccc2s1. The monoisotopic (exact) mass is 314 g/mol. The van der Waals surface area contributed by atoms with Crippen molar-refractivity contribution in [2.45, 2.75) is 25.7 Å². The number of halogens is 1. The predicted octanol–water partition coefficient (Wildman–Crippen LogP) is 5.29. The van der Waals surface area contributed by atoms with Gasteiger partial charge in [-0.25, -0.2) is 4.98 Å². The predicted molar refractivity (Wildman–Crippen MR) is 90.0 cm³/mol. The molecule has 0 spiro atoms. The fourth-order valence-corrected chi connectivity index (χ4v) is 3.43. The minimum Gasteiger partial charge on any atom is -0.361 e. The number of thioether (sulfide) groups is 1. The van der Waals surface area contributed by atoms with Gasteiger partial charge in [-0.3, -0.25) is 0 Å². The van der Waals surface area contributed by atoms with Gasteiger partial charge in [0.15, 0.2) is 5.13 Å². The molecular weight excluding hydrogens is 296 g/mol. The van der Waals surface area contributed by atoms with Crippen molar-refractivity contribution in [2.24, 2.45) is 0 Å². The molecule has 0 saturated carbocycles. The Bertz CT molecular complexity index is 513. The lowest BCUT2D eigenvalue weighted by atomic mass is 10.2. The summed E-state index contributed by atoms with van der Waals surface area (Å²) in [5.74, 6) is 1.28. The van der Waals surface area contributed by atoms with Crippen molar-refractivity contribution in [3.05, 3.63) is 23.2 Å². The molecule has 0 amide bonds. The second-order valence-corrected chi connectivity index (χ2v) is 6.92. The Morgan fingerprint density at radius 2 is 2.11 bits per heavy atom. The third-order valence-electron chi connectivity index (χ3n) is 2.90. The summed E-state index contributed by atoms with van der Waals surface area (Å²) in [6.45, 7) is 1.01. The molecule has 2 nitrogen and oxygen atoms in total. The third kappa shape index (κ3) is 4.86. The lowest BCUT2D eigenvalue weighted by molar-refractivity contribution is 0.689. The first-order valence-electron chi connectivity index (χ1n) is 6.58. The maximum atomic E-state index is 5.96. The van der Waals surface area contributed by atoms with Crippen molar-refractivity contribution in [1.29, 1.82) is 0 Å². The zero-order chi connectivity index (χ0) is 13.5. The number of nitrogens with zero attached hydrogens (tertiary/aromatic N) is 1. The molecule has 19 heavy (non-hydrogen) atoms. The molecule has 0 aliphatic carbocycles. The fourth-order valence-electron chi connectivity index (χ4n) is 1.90. The number of unbranched alkanes of at least 4 members (excludes halogenated alkanes) is 3. The maximum absolute atomic E-state index is 5.96. The van der Waals surface area contributed by atoms with E-state index in [4.69, 9.17) is 11.6 Å². The summed E-state index contributed by atoms with van der Waals surface area (Å²) in [4.78, 5) is 4.54. The summed E-state index contributed by atoms with van der Waals surface area (Å²) in [5, 5.41) is 5.15. The van der Waals surface area contributed by atoms with Crippen LogP contribution in [0.2, 0.25) is 5.02 Å². The highest BCUT2D eigenvalue weighted by Gasteiger charge is 2.03. The van der Waals surface area contributed by atoms with E-state index in [1.165, 1.54) is 36.1 Å². The van der Waals surface area contributed by atoms with Crippen LogP contribution >= 0.6 is 34.7 Å². The second-order valence-electron chi connectivity index (χ2n) is 4.46. The number of benzene rings is 1. The van der Waals surface area contributed by atoms with Crippen LogP contribution in [0.3, 0.4) is 0 Å². The van der Waals surface area contributed by atoms with E-state index in [9.17, 15) is 0 Å². The van der Waals surface area contributed by atoms with Gasteiger partial charge in [-0.05, 0) is 43.0 Å². The summed E-state index contributed by atoms with van der Waals surface area (Å²) in [7, 11) is 0. The summed E-state index contributed by atoms with van der Waals surface area (Å²) in [6, 6.07) is 5.86. The Morgan fingerprint density at radius 3 is 2.95 bits per heavy atom. The molecule has 0 saturated heterocycles. The van der Waals surface area contributed by atoms with Gasteiger partial charge in [0, 0.05) is 11.6 Å². The standard InChI is InChI=1S/C14H19ClN2S2/c1-18-9-5-3-2-4-8-16-14-17-12-10-11(15)6-7-13(12)19-14/h6-7,10H,2-5,8-9H2,1H3,(H,16,17).